The van der Waals surface area contributed by atoms with Gasteiger partial charge in [-0.3, -0.25) is 0 Å². The molecular weight excluding hydrogens is 347 g/mol. The van der Waals surface area contributed by atoms with Crippen LogP contribution in [0, 0.1) is 5.92 Å². The smallest absolute Gasteiger partial charge is 0.0928 e. The highest BCUT2D eigenvalue weighted by atomic mass is 127. The van der Waals surface area contributed by atoms with E-state index in [1.165, 1.54) is 6.42 Å². The topological polar surface area (TPSA) is 9.23 Å². The van der Waals surface area contributed by atoms with Crippen molar-refractivity contribution in [3.05, 3.63) is 34.9 Å². The van der Waals surface area contributed by atoms with Crippen molar-refractivity contribution in [1.29, 1.82) is 0 Å². The van der Waals surface area contributed by atoms with E-state index in [-0.39, 0.29) is 6.10 Å². The molecular formula is C14H20ClIO. The monoisotopic (exact) mass is 366 g/mol. The van der Waals surface area contributed by atoms with E-state index in [2.05, 4.69) is 36.4 Å². The molecule has 0 saturated heterocycles. The van der Waals surface area contributed by atoms with Crippen molar-refractivity contribution in [2.45, 2.75) is 32.8 Å². The molecule has 17 heavy (non-hydrogen) atoms. The average molecular weight is 367 g/mol. The highest BCUT2D eigenvalue weighted by Gasteiger charge is 2.13. The molecule has 1 aromatic rings. The Labute approximate surface area is 123 Å². The Morgan fingerprint density at radius 3 is 2.59 bits per heavy atom. The Bertz CT molecular complexity index is 328. The summed E-state index contributed by atoms with van der Waals surface area (Å²) in [6.45, 7) is 5.30. The van der Waals surface area contributed by atoms with Crippen molar-refractivity contribution >= 4 is 34.2 Å². The zero-order valence-corrected chi connectivity index (χ0v) is 13.4. The van der Waals surface area contributed by atoms with Crippen molar-refractivity contribution < 1.29 is 4.74 Å². The first-order valence-electron chi connectivity index (χ1n) is 6.07. The van der Waals surface area contributed by atoms with Gasteiger partial charge in [0.05, 0.1) is 6.10 Å². The highest BCUT2D eigenvalue weighted by Crippen LogP contribution is 2.27. The van der Waals surface area contributed by atoms with Gasteiger partial charge in [-0.15, -0.1) is 0 Å². The Balaban J connectivity index is 2.46. The zero-order valence-electron chi connectivity index (χ0n) is 10.5. The summed E-state index contributed by atoms with van der Waals surface area (Å²) in [5.41, 5.74) is 1.10. The van der Waals surface area contributed by atoms with E-state index < -0.39 is 0 Å². The summed E-state index contributed by atoms with van der Waals surface area (Å²) < 4.78 is 6.85. The number of hydrogen-bond acceptors (Lipinski definition) is 1. The summed E-state index contributed by atoms with van der Waals surface area (Å²) in [4.78, 5) is 0. The zero-order chi connectivity index (χ0) is 12.7. The third-order valence-electron chi connectivity index (χ3n) is 2.64. The van der Waals surface area contributed by atoms with Crippen LogP contribution in [0.3, 0.4) is 0 Å². The fraction of sp³-hybridized carbons (Fsp3) is 0.571. The molecule has 1 rings (SSSR count). The molecule has 0 aromatic heterocycles. The van der Waals surface area contributed by atoms with Crippen LogP contribution in [0.4, 0.5) is 0 Å². The van der Waals surface area contributed by atoms with Crippen molar-refractivity contribution in [1.82, 2.24) is 0 Å². The molecule has 1 unspecified atom stereocenters. The van der Waals surface area contributed by atoms with Crippen LogP contribution in [0.1, 0.15) is 38.4 Å². The lowest BCUT2D eigenvalue weighted by atomic mass is 10.1. The molecule has 0 radical (unpaired) electrons. The molecule has 0 spiro atoms. The maximum atomic E-state index is 6.18. The van der Waals surface area contributed by atoms with Gasteiger partial charge in [0, 0.05) is 21.6 Å². The second kappa shape index (κ2) is 8.33. The highest BCUT2D eigenvalue weighted by molar-refractivity contribution is 14.1. The van der Waals surface area contributed by atoms with Crippen LogP contribution in [0.25, 0.3) is 0 Å². The summed E-state index contributed by atoms with van der Waals surface area (Å²) in [6, 6.07) is 7.94. The number of alkyl halides is 1. The van der Waals surface area contributed by atoms with Gasteiger partial charge in [-0.05, 0) is 24.8 Å². The molecule has 0 bridgehead atoms. The molecule has 0 aliphatic heterocycles. The summed E-state index contributed by atoms with van der Waals surface area (Å²) >= 11 is 8.53. The average Bonchev–Trinajstić information content (AvgIpc) is 2.30. The van der Waals surface area contributed by atoms with E-state index in [0.29, 0.717) is 0 Å². The van der Waals surface area contributed by atoms with E-state index in [1.807, 2.05) is 24.3 Å². The Kier molecular flexibility index (Phi) is 7.47. The fourth-order valence-electron chi connectivity index (χ4n) is 1.67. The second-order valence-electron chi connectivity index (χ2n) is 4.57. The number of halogens is 2. The standard InChI is InChI=1S/C14H20ClIO/c1-11(2)6-5-9-17-14(10-16)12-7-3-4-8-13(12)15/h3-4,7-8,11,14H,5-6,9-10H2,1-2H3. The largest absolute Gasteiger partial charge is 0.373 e. The van der Waals surface area contributed by atoms with E-state index in [9.17, 15) is 0 Å². The van der Waals surface area contributed by atoms with Gasteiger partial charge in [-0.25, -0.2) is 0 Å². The molecule has 0 saturated carbocycles. The molecule has 0 heterocycles. The lowest BCUT2D eigenvalue weighted by molar-refractivity contribution is 0.0666. The molecule has 0 aliphatic rings. The van der Waals surface area contributed by atoms with Gasteiger partial charge in [0.25, 0.3) is 0 Å². The van der Waals surface area contributed by atoms with Crippen LogP contribution in [-0.2, 0) is 4.74 Å². The van der Waals surface area contributed by atoms with E-state index in [4.69, 9.17) is 16.3 Å². The summed E-state index contributed by atoms with van der Waals surface area (Å²) in [6.07, 6.45) is 2.46. The van der Waals surface area contributed by atoms with Crippen LogP contribution < -0.4 is 0 Å². The van der Waals surface area contributed by atoms with Gasteiger partial charge in [-0.2, -0.15) is 0 Å². The second-order valence-corrected chi connectivity index (χ2v) is 5.86. The third kappa shape index (κ3) is 5.58. The minimum Gasteiger partial charge on any atom is -0.373 e. The molecule has 96 valence electrons. The maximum Gasteiger partial charge on any atom is 0.0928 e. The van der Waals surface area contributed by atoms with Gasteiger partial charge >= 0.3 is 0 Å². The fourth-order valence-corrected chi connectivity index (χ4v) is 2.66. The first kappa shape index (κ1) is 15.3. The summed E-state index contributed by atoms with van der Waals surface area (Å²) in [7, 11) is 0. The quantitative estimate of drug-likeness (QED) is 0.363. The number of benzene rings is 1. The van der Waals surface area contributed by atoms with Gasteiger partial charge in [-0.1, -0.05) is 66.2 Å². The molecule has 3 heteroatoms. The molecule has 0 fully saturated rings. The van der Waals surface area contributed by atoms with Gasteiger partial charge in [0.2, 0.25) is 0 Å². The minimum absolute atomic E-state index is 0.122. The molecule has 0 N–H and O–H groups in total. The van der Waals surface area contributed by atoms with Crippen LogP contribution in [0.15, 0.2) is 24.3 Å². The normalized spacial score (nSPS) is 13.0. The predicted molar refractivity (Wildman–Crippen MR) is 83.1 cm³/mol. The van der Waals surface area contributed by atoms with E-state index in [1.54, 1.807) is 0 Å². The van der Waals surface area contributed by atoms with E-state index in [0.717, 1.165) is 34.0 Å². The first-order valence-corrected chi connectivity index (χ1v) is 7.97. The summed E-state index contributed by atoms with van der Waals surface area (Å²) in [5.74, 6) is 0.747. The Morgan fingerprint density at radius 2 is 2.00 bits per heavy atom. The lowest BCUT2D eigenvalue weighted by Crippen LogP contribution is -2.08. The SMILES string of the molecule is CC(C)CCCOC(CI)c1ccccc1Cl. The number of rotatable bonds is 7. The maximum absolute atomic E-state index is 6.18. The van der Waals surface area contributed by atoms with Crippen molar-refractivity contribution in [3.8, 4) is 0 Å². The Hall–Kier alpha value is 0.200. The lowest BCUT2D eigenvalue weighted by Gasteiger charge is -2.17. The number of ether oxygens (including phenoxy) is 1. The third-order valence-corrected chi connectivity index (χ3v) is 3.78. The Morgan fingerprint density at radius 1 is 1.29 bits per heavy atom. The molecule has 0 amide bonds. The van der Waals surface area contributed by atoms with Gasteiger partial charge < -0.3 is 4.74 Å². The van der Waals surface area contributed by atoms with Crippen molar-refractivity contribution in [2.75, 3.05) is 11.0 Å². The van der Waals surface area contributed by atoms with E-state index >= 15 is 0 Å². The summed E-state index contributed by atoms with van der Waals surface area (Å²) in [5, 5.41) is 0.804. The molecule has 1 aromatic carbocycles. The molecule has 1 nitrogen and oxygen atoms in total. The van der Waals surface area contributed by atoms with Gasteiger partial charge in [0.15, 0.2) is 0 Å². The first-order chi connectivity index (χ1) is 8.15. The van der Waals surface area contributed by atoms with Crippen LogP contribution in [0.5, 0.6) is 0 Å². The number of hydrogen-bond donors (Lipinski definition) is 0. The van der Waals surface area contributed by atoms with Crippen LogP contribution in [-0.4, -0.2) is 11.0 Å². The van der Waals surface area contributed by atoms with Crippen molar-refractivity contribution in [2.24, 2.45) is 5.92 Å². The van der Waals surface area contributed by atoms with Crippen LogP contribution >= 0.6 is 34.2 Å². The molecule has 1 atom stereocenters. The van der Waals surface area contributed by atoms with Crippen LogP contribution in [0.2, 0.25) is 5.02 Å². The van der Waals surface area contributed by atoms with Gasteiger partial charge in [0.1, 0.15) is 0 Å². The van der Waals surface area contributed by atoms with Crippen molar-refractivity contribution in [3.63, 3.8) is 0 Å². The predicted octanol–water partition coefficient (Wildman–Crippen LogP) is 5.27. The minimum atomic E-state index is 0.122. The molecule has 0 aliphatic carbocycles.